The molecule has 0 bridgehead atoms. The lowest BCUT2D eigenvalue weighted by atomic mass is 10.1. The number of carbonyl (C=O) groups is 3. The van der Waals surface area contributed by atoms with Crippen LogP contribution >= 0.6 is 35.6 Å². The number of fused-ring (bicyclic) bond motifs is 1. The number of para-hydroxylation sites is 1. The maximum Gasteiger partial charge on any atom is 0.319 e. The molecule has 0 saturated carbocycles. The van der Waals surface area contributed by atoms with Crippen molar-refractivity contribution in [3.63, 3.8) is 0 Å². The minimum atomic E-state index is -0.593. The average molecular weight is 659 g/mol. The molecule has 0 spiro atoms. The molecule has 0 fully saturated rings. The lowest BCUT2D eigenvalue weighted by Crippen LogP contribution is -2.40. The van der Waals surface area contributed by atoms with Gasteiger partial charge in [0.15, 0.2) is 0 Å². The molecule has 44 heavy (non-hydrogen) atoms. The van der Waals surface area contributed by atoms with E-state index in [1.54, 1.807) is 48.3 Å². The first-order chi connectivity index (χ1) is 20.6. The number of urea groups is 1. The first kappa shape index (κ1) is 34.4. The first-order valence-electron chi connectivity index (χ1n) is 13.8. The normalized spacial score (nSPS) is 10.5. The molecule has 0 atom stereocenters. The smallest absolute Gasteiger partial charge is 0.319 e. The molecule has 1 aromatic heterocycles. The van der Waals surface area contributed by atoms with E-state index in [4.69, 9.17) is 27.9 Å². The molecule has 12 heteroatoms. The van der Waals surface area contributed by atoms with E-state index in [-0.39, 0.29) is 36.5 Å². The monoisotopic (exact) mass is 657 g/mol. The second kappa shape index (κ2) is 15.6. The summed E-state index contributed by atoms with van der Waals surface area (Å²) in [4.78, 5) is 45.8. The minimum absolute atomic E-state index is 0. The van der Waals surface area contributed by atoms with Gasteiger partial charge in [-0.2, -0.15) is 0 Å². The Morgan fingerprint density at radius 1 is 0.955 bits per heavy atom. The molecule has 4 rings (SSSR count). The molecule has 4 amide bonds. The molecule has 1 heterocycles. The fraction of sp³-hybridized carbons (Fsp3) is 0.250. The number of ether oxygens (including phenoxy) is 1. The van der Waals surface area contributed by atoms with Gasteiger partial charge in [0, 0.05) is 53.1 Å². The number of halogens is 3. The lowest BCUT2D eigenvalue weighted by Gasteiger charge is -2.21. The van der Waals surface area contributed by atoms with Gasteiger partial charge in [-0.1, -0.05) is 47.5 Å². The van der Waals surface area contributed by atoms with Crippen molar-refractivity contribution in [1.82, 2.24) is 15.2 Å². The van der Waals surface area contributed by atoms with Crippen LogP contribution in [0.4, 0.5) is 16.2 Å². The lowest BCUT2D eigenvalue weighted by molar-refractivity contribution is -0.117. The van der Waals surface area contributed by atoms with Gasteiger partial charge in [0.2, 0.25) is 5.91 Å². The van der Waals surface area contributed by atoms with E-state index >= 15 is 0 Å². The van der Waals surface area contributed by atoms with Crippen LogP contribution in [0, 0.1) is 6.92 Å². The van der Waals surface area contributed by atoms with E-state index in [1.807, 2.05) is 51.1 Å². The molecule has 0 aliphatic heterocycles. The predicted octanol–water partition coefficient (Wildman–Crippen LogP) is 7.12. The summed E-state index contributed by atoms with van der Waals surface area (Å²) in [7, 11) is 1.56. The van der Waals surface area contributed by atoms with Gasteiger partial charge in [-0.25, -0.2) is 9.78 Å². The molecule has 9 nitrogen and oxygen atoms in total. The highest BCUT2D eigenvalue weighted by Crippen LogP contribution is 2.35. The number of likely N-dealkylation sites (N-methyl/N-ethyl adjacent to an activating group) is 1. The largest absolute Gasteiger partial charge is 0.487 e. The molecule has 2 N–H and O–H groups in total. The summed E-state index contributed by atoms with van der Waals surface area (Å²) in [5.41, 5.74) is 3.40. The number of hydrogen-bond donors (Lipinski definition) is 2. The van der Waals surface area contributed by atoms with Crippen molar-refractivity contribution in [1.29, 1.82) is 0 Å². The van der Waals surface area contributed by atoms with Gasteiger partial charge in [0.05, 0.1) is 17.3 Å². The highest BCUT2D eigenvalue weighted by atomic mass is 35.5. The minimum Gasteiger partial charge on any atom is -0.487 e. The number of nitrogens with zero attached hydrogens (tertiary/aromatic N) is 3. The number of amides is 4. The topological polar surface area (TPSA) is 104 Å². The van der Waals surface area contributed by atoms with E-state index in [9.17, 15) is 14.4 Å². The molecular weight excluding hydrogens is 625 g/mol. The van der Waals surface area contributed by atoms with Crippen molar-refractivity contribution in [2.24, 2.45) is 0 Å². The summed E-state index contributed by atoms with van der Waals surface area (Å²) < 4.78 is 6.08. The van der Waals surface area contributed by atoms with Crippen molar-refractivity contribution in [3.8, 4) is 5.75 Å². The van der Waals surface area contributed by atoms with Crippen molar-refractivity contribution in [3.05, 3.63) is 93.6 Å². The van der Waals surface area contributed by atoms with Crippen molar-refractivity contribution in [2.45, 2.75) is 27.4 Å². The van der Waals surface area contributed by atoms with Crippen LogP contribution in [-0.2, 0) is 11.4 Å². The quantitative estimate of drug-likeness (QED) is 0.189. The molecule has 4 aromatic rings. The Labute approximate surface area is 272 Å². The highest BCUT2D eigenvalue weighted by Gasteiger charge is 2.20. The molecule has 0 unspecified atom stereocenters. The predicted molar refractivity (Wildman–Crippen MR) is 179 cm³/mol. The number of nitrogens with one attached hydrogen (secondary N) is 2. The first-order valence-corrected chi connectivity index (χ1v) is 14.5. The summed E-state index contributed by atoms with van der Waals surface area (Å²) in [6, 6.07) is 18.9. The maximum absolute atomic E-state index is 13.0. The van der Waals surface area contributed by atoms with Crippen molar-refractivity contribution >= 4 is 75.7 Å². The molecule has 0 saturated heterocycles. The second-order valence-corrected chi connectivity index (χ2v) is 10.5. The van der Waals surface area contributed by atoms with Crippen molar-refractivity contribution < 1.29 is 19.1 Å². The molecular formula is C32H34Cl3N5O4. The van der Waals surface area contributed by atoms with E-state index in [2.05, 4.69) is 15.6 Å². The standard InChI is InChI=1S/C32H33Cl2N5O4.ClH/c1-5-39(6-2)31(41)22-10-7-11-23(17-22)37-32(42)35-18-28(40)38(4)26-16-15-25(33)24(29(26)34)19-43-27-12-8-9-21-14-13-20(3)36-30(21)27;/h7-17H,5-6,18-19H2,1-4H3,(H2,35,37,42);1H. The number of pyridine rings is 1. The van der Waals surface area contributed by atoms with Gasteiger partial charge in [-0.05, 0) is 63.2 Å². The fourth-order valence-electron chi connectivity index (χ4n) is 4.47. The number of aryl methyl sites for hydroxylation is 1. The van der Waals surface area contributed by atoms with E-state index < -0.39 is 11.9 Å². The van der Waals surface area contributed by atoms with Gasteiger partial charge in [-0.15, -0.1) is 12.4 Å². The third kappa shape index (κ3) is 8.11. The van der Waals surface area contributed by atoms with Gasteiger partial charge >= 0.3 is 6.03 Å². The average Bonchev–Trinajstić information content (AvgIpc) is 3.00. The number of hydrogen-bond acceptors (Lipinski definition) is 5. The van der Waals surface area contributed by atoms with Crippen LogP contribution in [0.25, 0.3) is 10.9 Å². The summed E-state index contributed by atoms with van der Waals surface area (Å²) in [5.74, 6) is 0.0473. The van der Waals surface area contributed by atoms with Crippen LogP contribution in [0.5, 0.6) is 5.75 Å². The Morgan fingerprint density at radius 2 is 1.68 bits per heavy atom. The van der Waals surface area contributed by atoms with Gasteiger partial charge in [-0.3, -0.25) is 9.59 Å². The fourth-order valence-corrected chi connectivity index (χ4v) is 5.07. The Morgan fingerprint density at radius 3 is 2.41 bits per heavy atom. The zero-order valence-electron chi connectivity index (χ0n) is 24.8. The Kier molecular flexibility index (Phi) is 12.2. The van der Waals surface area contributed by atoms with E-state index in [0.717, 1.165) is 16.6 Å². The summed E-state index contributed by atoms with van der Waals surface area (Å²) in [6.07, 6.45) is 0. The third-order valence-electron chi connectivity index (χ3n) is 6.91. The van der Waals surface area contributed by atoms with Crippen LogP contribution in [0.15, 0.2) is 66.7 Å². The van der Waals surface area contributed by atoms with Gasteiger partial charge in [0.1, 0.15) is 17.9 Å². The van der Waals surface area contributed by atoms with Crippen LogP contribution in [0.2, 0.25) is 10.0 Å². The van der Waals surface area contributed by atoms with Crippen molar-refractivity contribution in [2.75, 3.05) is 36.9 Å². The number of aromatic nitrogens is 1. The molecule has 232 valence electrons. The number of rotatable bonds is 10. The summed E-state index contributed by atoms with van der Waals surface area (Å²) in [5, 5.41) is 6.80. The Bertz CT molecular complexity index is 1660. The maximum atomic E-state index is 13.0. The van der Waals surface area contributed by atoms with Crippen LogP contribution in [-0.4, -0.2) is 54.4 Å². The second-order valence-electron chi connectivity index (χ2n) is 9.75. The molecule has 0 aliphatic rings. The Hall–Kier alpha value is -4.05. The zero-order chi connectivity index (χ0) is 31.1. The number of carbonyl (C=O) groups excluding carboxylic acids is 3. The van der Waals surface area contributed by atoms with Gasteiger partial charge in [0.25, 0.3) is 5.91 Å². The number of anilines is 2. The highest BCUT2D eigenvalue weighted by molar-refractivity contribution is 6.38. The summed E-state index contributed by atoms with van der Waals surface area (Å²) in [6.45, 7) is 6.63. The van der Waals surface area contributed by atoms with Gasteiger partial charge < -0.3 is 25.2 Å². The SMILES string of the molecule is CCN(CC)C(=O)c1cccc(NC(=O)NCC(=O)N(C)c2ccc(Cl)c(COc3cccc4ccc(C)nc34)c2Cl)c1.Cl. The molecule has 0 aliphatic carbocycles. The van der Waals surface area contributed by atoms with Crippen LogP contribution in [0.1, 0.15) is 35.5 Å². The summed E-state index contributed by atoms with van der Waals surface area (Å²) >= 11 is 13.2. The molecule has 3 aromatic carbocycles. The Balaban J connectivity index is 0.00000529. The van der Waals surface area contributed by atoms with Crippen LogP contribution in [0.3, 0.4) is 0 Å². The molecule has 0 radical (unpaired) electrons. The van der Waals surface area contributed by atoms with E-state index in [0.29, 0.717) is 46.4 Å². The third-order valence-corrected chi connectivity index (χ3v) is 7.69. The number of benzene rings is 3. The van der Waals surface area contributed by atoms with E-state index in [1.165, 1.54) is 4.90 Å². The van der Waals surface area contributed by atoms with Crippen LogP contribution < -0.4 is 20.3 Å². The zero-order valence-corrected chi connectivity index (χ0v) is 27.1.